The van der Waals surface area contributed by atoms with Crippen LogP contribution >= 0.6 is 0 Å². The van der Waals surface area contributed by atoms with Crippen LogP contribution < -0.4 is 5.32 Å². The molecule has 2 rings (SSSR count). The maximum absolute atomic E-state index is 11.0. The molecule has 0 saturated heterocycles. The first-order valence-electron chi connectivity index (χ1n) is 5.53. The van der Waals surface area contributed by atoms with Gasteiger partial charge in [-0.05, 0) is 19.1 Å². The van der Waals surface area contributed by atoms with Crippen molar-refractivity contribution in [3.63, 3.8) is 0 Å². The van der Waals surface area contributed by atoms with E-state index in [9.17, 15) is 10.1 Å². The van der Waals surface area contributed by atoms with Crippen molar-refractivity contribution >= 4 is 11.4 Å². The largest absolute Gasteiger partial charge is 0.375 e. The zero-order valence-corrected chi connectivity index (χ0v) is 10.2. The number of rotatable bonds is 4. The van der Waals surface area contributed by atoms with E-state index < -0.39 is 4.92 Å². The molecule has 0 fully saturated rings. The third-order valence-electron chi connectivity index (χ3n) is 2.73. The fourth-order valence-corrected chi connectivity index (χ4v) is 1.65. The summed E-state index contributed by atoms with van der Waals surface area (Å²) in [5.41, 5.74) is 2.36. The summed E-state index contributed by atoms with van der Waals surface area (Å²) in [6, 6.07) is 6.21. The molecular formula is C12H11N5O2. The molecule has 0 atom stereocenters. The molecule has 0 aliphatic rings. The first-order valence-corrected chi connectivity index (χ1v) is 5.53. The summed E-state index contributed by atoms with van der Waals surface area (Å²) in [4.78, 5) is 10.4. The second kappa shape index (κ2) is 5.18. The highest BCUT2D eigenvalue weighted by Crippen LogP contribution is 2.25. The summed E-state index contributed by atoms with van der Waals surface area (Å²) in [6.07, 6.45) is 1.66. The zero-order chi connectivity index (χ0) is 13.8. The lowest BCUT2D eigenvalue weighted by atomic mass is 10.2. The van der Waals surface area contributed by atoms with Gasteiger partial charge < -0.3 is 5.32 Å². The number of hydrogen-bond acceptors (Lipinski definition) is 5. The monoisotopic (exact) mass is 257 g/mol. The first-order chi connectivity index (χ1) is 9.11. The number of nitrogens with zero attached hydrogens (tertiary/aromatic N) is 3. The molecule has 0 bridgehead atoms. The van der Waals surface area contributed by atoms with Crippen LogP contribution in [-0.2, 0) is 6.54 Å². The van der Waals surface area contributed by atoms with E-state index in [1.54, 1.807) is 6.20 Å². The highest BCUT2D eigenvalue weighted by molar-refractivity contribution is 5.64. The van der Waals surface area contributed by atoms with Crippen molar-refractivity contribution in [2.75, 3.05) is 5.32 Å². The Morgan fingerprint density at radius 2 is 2.37 bits per heavy atom. The van der Waals surface area contributed by atoms with Crippen LogP contribution in [-0.4, -0.2) is 15.1 Å². The normalized spacial score (nSPS) is 9.89. The molecule has 0 unspecified atom stereocenters. The van der Waals surface area contributed by atoms with E-state index in [2.05, 4.69) is 15.5 Å². The van der Waals surface area contributed by atoms with Crippen LogP contribution in [0.25, 0.3) is 0 Å². The predicted octanol–water partition coefficient (Wildman–Crippen LogP) is 2.11. The Morgan fingerprint density at radius 1 is 1.58 bits per heavy atom. The molecular weight excluding hydrogens is 246 g/mol. The number of H-pyrrole nitrogens is 1. The maximum Gasteiger partial charge on any atom is 0.293 e. The third-order valence-corrected chi connectivity index (χ3v) is 2.73. The number of nitro groups is 1. The molecule has 2 N–H and O–H groups in total. The Balaban J connectivity index is 2.23. The van der Waals surface area contributed by atoms with Gasteiger partial charge in [0.2, 0.25) is 0 Å². The molecule has 7 nitrogen and oxygen atoms in total. The van der Waals surface area contributed by atoms with E-state index in [1.165, 1.54) is 18.2 Å². The number of nitriles is 1. The first kappa shape index (κ1) is 12.6. The average Bonchev–Trinajstić information content (AvgIpc) is 2.81. The summed E-state index contributed by atoms with van der Waals surface area (Å²) < 4.78 is 0. The topological polar surface area (TPSA) is 108 Å². The highest BCUT2D eigenvalue weighted by Gasteiger charge is 2.14. The Bertz CT molecular complexity index is 656. The molecule has 1 aromatic heterocycles. The van der Waals surface area contributed by atoms with Crippen LogP contribution in [0.1, 0.15) is 16.8 Å². The molecule has 0 saturated carbocycles. The van der Waals surface area contributed by atoms with E-state index in [4.69, 9.17) is 5.26 Å². The minimum Gasteiger partial charge on any atom is -0.375 e. The quantitative estimate of drug-likeness (QED) is 0.644. The molecule has 19 heavy (non-hydrogen) atoms. The van der Waals surface area contributed by atoms with E-state index in [0.717, 1.165) is 11.3 Å². The van der Waals surface area contributed by atoms with Crippen molar-refractivity contribution in [2.45, 2.75) is 13.5 Å². The van der Waals surface area contributed by atoms with Gasteiger partial charge in [0.05, 0.1) is 22.8 Å². The lowest BCUT2D eigenvalue weighted by molar-refractivity contribution is -0.384. The van der Waals surface area contributed by atoms with E-state index in [0.29, 0.717) is 12.2 Å². The van der Waals surface area contributed by atoms with Crippen LogP contribution in [0.4, 0.5) is 11.4 Å². The van der Waals surface area contributed by atoms with Gasteiger partial charge in [0, 0.05) is 23.9 Å². The third kappa shape index (κ3) is 2.69. The minimum atomic E-state index is -0.509. The number of hydrogen-bond donors (Lipinski definition) is 2. The molecule has 1 aromatic carbocycles. The number of nitrogens with one attached hydrogen (secondary N) is 2. The van der Waals surface area contributed by atoms with E-state index in [-0.39, 0.29) is 11.3 Å². The van der Waals surface area contributed by atoms with Gasteiger partial charge in [-0.25, -0.2) is 0 Å². The summed E-state index contributed by atoms with van der Waals surface area (Å²) in [5, 5.41) is 29.4. The Hall–Kier alpha value is -2.88. The minimum absolute atomic E-state index is 0.111. The van der Waals surface area contributed by atoms with Gasteiger partial charge in [-0.1, -0.05) is 0 Å². The van der Waals surface area contributed by atoms with Gasteiger partial charge >= 0.3 is 0 Å². The molecule has 2 aromatic rings. The van der Waals surface area contributed by atoms with E-state index >= 15 is 0 Å². The fraction of sp³-hybridized carbons (Fsp3) is 0.167. The number of benzene rings is 1. The van der Waals surface area contributed by atoms with Gasteiger partial charge in [0.25, 0.3) is 5.69 Å². The van der Waals surface area contributed by atoms with E-state index in [1.807, 2.05) is 13.0 Å². The second-order valence-electron chi connectivity index (χ2n) is 3.97. The molecule has 0 radical (unpaired) electrons. The van der Waals surface area contributed by atoms with Crippen LogP contribution in [0.5, 0.6) is 0 Å². The number of nitro benzene ring substituents is 1. The summed E-state index contributed by atoms with van der Waals surface area (Å²) >= 11 is 0. The summed E-state index contributed by atoms with van der Waals surface area (Å²) in [5.74, 6) is 0. The van der Waals surface area contributed by atoms with Gasteiger partial charge in [0.1, 0.15) is 5.69 Å². The van der Waals surface area contributed by atoms with Gasteiger partial charge in [0.15, 0.2) is 0 Å². The van der Waals surface area contributed by atoms with Crippen molar-refractivity contribution in [1.29, 1.82) is 5.26 Å². The van der Waals surface area contributed by atoms with Crippen molar-refractivity contribution < 1.29 is 4.92 Å². The molecule has 0 aliphatic carbocycles. The van der Waals surface area contributed by atoms with Crippen molar-refractivity contribution in [1.82, 2.24) is 10.2 Å². The standard InChI is InChI=1S/C12H11N5O2/c1-8-10(7-15-16-8)6-14-11-3-2-9(5-13)4-12(11)17(18)19/h2-4,7,14H,6H2,1H3,(H,15,16). The van der Waals surface area contributed by atoms with Gasteiger partial charge in [-0.2, -0.15) is 10.4 Å². The van der Waals surface area contributed by atoms with Crippen LogP contribution in [0.15, 0.2) is 24.4 Å². The number of aromatic amines is 1. The van der Waals surface area contributed by atoms with Crippen molar-refractivity contribution in [3.05, 3.63) is 51.3 Å². The maximum atomic E-state index is 11.0. The summed E-state index contributed by atoms with van der Waals surface area (Å²) in [7, 11) is 0. The fourth-order valence-electron chi connectivity index (χ4n) is 1.65. The van der Waals surface area contributed by atoms with Crippen molar-refractivity contribution in [3.8, 4) is 6.07 Å². The van der Waals surface area contributed by atoms with Crippen LogP contribution in [0.2, 0.25) is 0 Å². The second-order valence-corrected chi connectivity index (χ2v) is 3.97. The van der Waals surface area contributed by atoms with Crippen LogP contribution in [0, 0.1) is 28.4 Å². The number of anilines is 1. The predicted molar refractivity (Wildman–Crippen MR) is 68.5 cm³/mol. The zero-order valence-electron chi connectivity index (χ0n) is 10.2. The molecule has 0 amide bonds. The lowest BCUT2D eigenvalue weighted by Crippen LogP contribution is -2.03. The smallest absolute Gasteiger partial charge is 0.293 e. The Kier molecular flexibility index (Phi) is 3.43. The van der Waals surface area contributed by atoms with Gasteiger partial charge in [-0.15, -0.1) is 0 Å². The molecule has 0 spiro atoms. The molecule has 7 heteroatoms. The number of aromatic nitrogens is 2. The Labute approximate surface area is 109 Å². The molecule has 1 heterocycles. The lowest BCUT2D eigenvalue weighted by Gasteiger charge is -2.06. The van der Waals surface area contributed by atoms with Crippen molar-refractivity contribution in [2.24, 2.45) is 0 Å². The SMILES string of the molecule is Cc1[nH]ncc1CNc1ccc(C#N)cc1[N+](=O)[O-]. The number of aryl methyl sites for hydroxylation is 1. The summed E-state index contributed by atoms with van der Waals surface area (Å²) in [6.45, 7) is 2.30. The average molecular weight is 257 g/mol. The van der Waals surface area contributed by atoms with Gasteiger partial charge in [-0.3, -0.25) is 15.2 Å². The van der Waals surface area contributed by atoms with Crippen LogP contribution in [0.3, 0.4) is 0 Å². The molecule has 96 valence electrons. The Morgan fingerprint density at radius 3 is 2.95 bits per heavy atom. The molecule has 0 aliphatic heterocycles. The highest BCUT2D eigenvalue weighted by atomic mass is 16.6.